The number of nitrogens with one attached hydrogen (secondary N) is 2. The number of aromatic amines is 1. The SMILES string of the molecule is C=C(C)C(=Nc1cc(C)c(CC)cc1C)C(C)=NC(C)=O.CCCNCCn1c2nc(=O)[nH]c(=O)c-2nc2cc(C)c(C)cc21. The summed E-state index contributed by atoms with van der Waals surface area (Å²) in [7, 11) is 0. The molecular formula is C35H45N7O3. The van der Waals surface area contributed by atoms with E-state index in [2.05, 4.69) is 69.7 Å². The second-order valence-corrected chi connectivity index (χ2v) is 11.4. The van der Waals surface area contributed by atoms with Crippen molar-refractivity contribution in [2.24, 2.45) is 9.98 Å². The Labute approximate surface area is 264 Å². The number of hydrogen-bond acceptors (Lipinski definition) is 7. The Morgan fingerprint density at radius 3 is 2.24 bits per heavy atom. The number of H-pyrrole nitrogens is 1. The number of aliphatic imine (C=N–C) groups is 2. The number of fused-ring (bicyclic) bond motifs is 2. The molecule has 45 heavy (non-hydrogen) atoms. The molecule has 0 bridgehead atoms. The van der Waals surface area contributed by atoms with Gasteiger partial charge in [-0.1, -0.05) is 26.5 Å². The Balaban J connectivity index is 0.000000248. The standard InChI is InChI=1S/C18H24N2O.C17H21N5O2/c1-8-16-9-13(5)17(10-12(16)4)20-18(11(2)3)14(6)19-15(7)21;1-4-5-18-6-7-22-13-9-11(3)10(2)8-12(13)19-14-15(22)20-17(24)21-16(14)23/h9-10H,2,8H2,1,3-7H3;8-9,18H,4-7H2,1-3H3,(H,21,23,24). The van der Waals surface area contributed by atoms with Gasteiger partial charge >= 0.3 is 5.69 Å². The van der Waals surface area contributed by atoms with Crippen molar-refractivity contribution in [1.82, 2.24) is 24.8 Å². The lowest BCUT2D eigenvalue weighted by Crippen LogP contribution is -2.30. The average molecular weight is 612 g/mol. The van der Waals surface area contributed by atoms with Crippen LogP contribution in [0.5, 0.6) is 0 Å². The maximum atomic E-state index is 12.1. The maximum Gasteiger partial charge on any atom is 0.349 e. The number of aryl methyl sites for hydroxylation is 5. The molecule has 2 aliphatic rings. The number of aromatic nitrogens is 4. The van der Waals surface area contributed by atoms with Gasteiger partial charge in [0.2, 0.25) is 5.91 Å². The van der Waals surface area contributed by atoms with Gasteiger partial charge in [-0.2, -0.15) is 4.98 Å². The van der Waals surface area contributed by atoms with Crippen LogP contribution >= 0.6 is 0 Å². The second kappa shape index (κ2) is 15.4. The zero-order valence-corrected chi connectivity index (χ0v) is 28.0. The number of allylic oxidation sites excluding steroid dienone is 1. The molecule has 238 valence electrons. The molecule has 2 N–H and O–H groups in total. The fraction of sp³-hybridized carbons (Fsp3) is 0.400. The summed E-state index contributed by atoms with van der Waals surface area (Å²) in [5, 5.41) is 3.34. The number of carbonyl (C=O) groups is 1. The van der Waals surface area contributed by atoms with Crippen LogP contribution in [0.1, 0.15) is 68.9 Å². The van der Waals surface area contributed by atoms with Gasteiger partial charge in [-0.15, -0.1) is 0 Å². The summed E-state index contributed by atoms with van der Waals surface area (Å²) in [4.78, 5) is 54.2. The number of nitrogens with zero attached hydrogens (tertiary/aromatic N) is 5. The second-order valence-electron chi connectivity index (χ2n) is 11.4. The molecule has 4 rings (SSSR count). The van der Waals surface area contributed by atoms with Crippen LogP contribution in [0, 0.1) is 27.7 Å². The van der Waals surface area contributed by atoms with Gasteiger partial charge in [-0.3, -0.25) is 14.6 Å². The van der Waals surface area contributed by atoms with Crippen LogP contribution in [0.3, 0.4) is 0 Å². The highest BCUT2D eigenvalue weighted by atomic mass is 16.2. The van der Waals surface area contributed by atoms with Crippen LogP contribution in [-0.2, 0) is 17.8 Å². The normalized spacial score (nSPS) is 11.9. The number of amides is 1. The van der Waals surface area contributed by atoms with Crippen LogP contribution in [0.4, 0.5) is 5.69 Å². The molecule has 1 amide bonds. The first-order valence-electron chi connectivity index (χ1n) is 15.3. The van der Waals surface area contributed by atoms with Gasteiger partial charge in [0, 0.05) is 20.0 Å². The Morgan fingerprint density at radius 1 is 0.933 bits per heavy atom. The Morgan fingerprint density at radius 2 is 1.62 bits per heavy atom. The van der Waals surface area contributed by atoms with Gasteiger partial charge in [0.05, 0.1) is 28.1 Å². The highest BCUT2D eigenvalue weighted by Gasteiger charge is 2.19. The number of rotatable bonds is 9. The van der Waals surface area contributed by atoms with E-state index in [0.717, 1.165) is 64.9 Å². The topological polar surface area (TPSA) is 134 Å². The van der Waals surface area contributed by atoms with E-state index < -0.39 is 11.2 Å². The minimum Gasteiger partial charge on any atom is -0.321 e. The van der Waals surface area contributed by atoms with E-state index in [1.807, 2.05) is 44.4 Å². The monoisotopic (exact) mass is 611 g/mol. The van der Waals surface area contributed by atoms with E-state index in [0.29, 0.717) is 23.8 Å². The van der Waals surface area contributed by atoms with Crippen molar-refractivity contribution in [3.8, 4) is 11.5 Å². The van der Waals surface area contributed by atoms with Crippen LogP contribution in [-0.4, -0.2) is 49.9 Å². The summed E-state index contributed by atoms with van der Waals surface area (Å²) < 4.78 is 1.91. The van der Waals surface area contributed by atoms with Crippen molar-refractivity contribution in [1.29, 1.82) is 0 Å². The molecule has 10 heteroatoms. The summed E-state index contributed by atoms with van der Waals surface area (Å²) in [6, 6.07) is 8.24. The van der Waals surface area contributed by atoms with Gasteiger partial charge in [-0.25, -0.2) is 19.8 Å². The highest BCUT2D eigenvalue weighted by Crippen LogP contribution is 2.25. The lowest BCUT2D eigenvalue weighted by atomic mass is 10.0. The van der Waals surface area contributed by atoms with Crippen molar-refractivity contribution in [2.75, 3.05) is 13.1 Å². The molecule has 0 saturated heterocycles. The summed E-state index contributed by atoms with van der Waals surface area (Å²) in [5.41, 5.74) is 9.55. The average Bonchev–Trinajstić information content (AvgIpc) is 2.96. The lowest BCUT2D eigenvalue weighted by Gasteiger charge is -2.18. The molecule has 0 atom stereocenters. The first-order valence-corrected chi connectivity index (χ1v) is 15.3. The predicted octanol–water partition coefficient (Wildman–Crippen LogP) is 5.72. The molecule has 0 spiro atoms. The molecule has 0 saturated carbocycles. The van der Waals surface area contributed by atoms with Gasteiger partial charge in [0.15, 0.2) is 11.5 Å². The summed E-state index contributed by atoms with van der Waals surface area (Å²) in [5.74, 6) is 0.105. The Kier molecular flexibility index (Phi) is 12.0. The first kappa shape index (κ1) is 34.9. The van der Waals surface area contributed by atoms with Gasteiger partial charge < -0.3 is 9.88 Å². The summed E-state index contributed by atoms with van der Waals surface area (Å²) >= 11 is 0. The van der Waals surface area contributed by atoms with Crippen molar-refractivity contribution in [3.63, 3.8) is 0 Å². The molecule has 10 nitrogen and oxygen atoms in total. The fourth-order valence-corrected chi connectivity index (χ4v) is 5.03. The number of hydrogen-bond donors (Lipinski definition) is 2. The predicted molar refractivity (Wildman–Crippen MR) is 185 cm³/mol. The largest absolute Gasteiger partial charge is 0.349 e. The minimum atomic E-state index is -0.646. The summed E-state index contributed by atoms with van der Waals surface area (Å²) in [6.45, 7) is 23.7. The maximum absolute atomic E-state index is 12.1. The molecule has 0 fully saturated rings. The van der Waals surface area contributed by atoms with Gasteiger partial charge in [0.25, 0.3) is 5.56 Å². The fourth-order valence-electron chi connectivity index (χ4n) is 5.03. The van der Waals surface area contributed by atoms with Gasteiger partial charge in [0.1, 0.15) is 0 Å². The zero-order valence-electron chi connectivity index (χ0n) is 28.0. The number of carbonyl (C=O) groups excluding carboxylic acids is 1. The van der Waals surface area contributed by atoms with Crippen molar-refractivity contribution in [3.05, 3.63) is 85.1 Å². The van der Waals surface area contributed by atoms with E-state index in [1.54, 1.807) is 6.92 Å². The van der Waals surface area contributed by atoms with Crippen molar-refractivity contribution >= 4 is 34.1 Å². The Bertz CT molecular complexity index is 1880. The molecule has 2 aliphatic heterocycles. The summed E-state index contributed by atoms with van der Waals surface area (Å²) in [6.07, 6.45) is 2.05. The molecule has 0 aliphatic carbocycles. The molecular weight excluding hydrogens is 566 g/mol. The minimum absolute atomic E-state index is 0.195. The third-order valence-corrected chi connectivity index (χ3v) is 7.50. The van der Waals surface area contributed by atoms with Gasteiger partial charge in [-0.05, 0) is 113 Å². The molecule has 0 radical (unpaired) electrons. The van der Waals surface area contributed by atoms with Crippen LogP contribution in [0.25, 0.3) is 22.6 Å². The Hall–Kier alpha value is -4.57. The zero-order chi connectivity index (χ0) is 33.4. The molecule has 2 heterocycles. The molecule has 2 aromatic rings. The third kappa shape index (κ3) is 8.76. The van der Waals surface area contributed by atoms with Crippen LogP contribution < -0.4 is 16.6 Å². The van der Waals surface area contributed by atoms with Crippen molar-refractivity contribution in [2.45, 2.75) is 81.7 Å². The van der Waals surface area contributed by atoms with E-state index in [1.165, 1.54) is 18.1 Å². The smallest absolute Gasteiger partial charge is 0.321 e. The molecule has 0 aromatic heterocycles. The van der Waals surface area contributed by atoms with E-state index >= 15 is 0 Å². The lowest BCUT2D eigenvalue weighted by molar-refractivity contribution is -0.115. The van der Waals surface area contributed by atoms with Crippen LogP contribution in [0.2, 0.25) is 0 Å². The first-order chi connectivity index (χ1) is 21.3. The van der Waals surface area contributed by atoms with E-state index in [-0.39, 0.29) is 11.6 Å². The quantitative estimate of drug-likeness (QED) is 0.141. The van der Waals surface area contributed by atoms with Crippen molar-refractivity contribution < 1.29 is 4.79 Å². The third-order valence-electron chi connectivity index (χ3n) is 7.50. The number of benzene rings is 2. The molecule has 0 unspecified atom stereocenters. The van der Waals surface area contributed by atoms with Crippen LogP contribution in [0.15, 0.2) is 56.0 Å². The van der Waals surface area contributed by atoms with E-state index in [4.69, 9.17) is 0 Å². The molecule has 2 aromatic carbocycles. The highest BCUT2D eigenvalue weighted by molar-refractivity contribution is 6.48. The van der Waals surface area contributed by atoms with E-state index in [9.17, 15) is 14.4 Å².